The van der Waals surface area contributed by atoms with Crippen LogP contribution in [0.25, 0.3) is 0 Å². The van der Waals surface area contributed by atoms with E-state index in [0.717, 1.165) is 30.9 Å². The Morgan fingerprint density at radius 3 is 2.56 bits per heavy atom. The van der Waals surface area contributed by atoms with E-state index >= 15 is 0 Å². The maximum atomic E-state index is 12.2. The Balaban J connectivity index is 1.76. The molecule has 1 aliphatic rings. The number of carbonyl (C=O) groups is 1. The van der Waals surface area contributed by atoms with Crippen LogP contribution in [0, 0.1) is 5.92 Å². The van der Waals surface area contributed by atoms with Gasteiger partial charge >= 0.3 is 0 Å². The van der Waals surface area contributed by atoms with Crippen LogP contribution >= 0.6 is 0 Å². The average molecular weight is 338 g/mol. The fourth-order valence-electron chi connectivity index (χ4n) is 3.65. The summed E-state index contributed by atoms with van der Waals surface area (Å²) >= 11 is 0. The lowest BCUT2D eigenvalue weighted by molar-refractivity contribution is -0.130. The van der Waals surface area contributed by atoms with E-state index < -0.39 is 0 Å². The van der Waals surface area contributed by atoms with Gasteiger partial charge in [0, 0.05) is 39.0 Å². The highest BCUT2D eigenvalue weighted by atomic mass is 16.5. The monoisotopic (exact) mass is 338 g/mol. The van der Waals surface area contributed by atoms with Crippen LogP contribution in [-0.2, 0) is 11.3 Å². The third kappa shape index (κ3) is 4.20. The predicted molar refractivity (Wildman–Crippen MR) is 99.6 cm³/mol. The first-order chi connectivity index (χ1) is 12.2. The molecule has 2 aromatic rings. The summed E-state index contributed by atoms with van der Waals surface area (Å²) in [4.78, 5) is 14.1. The lowest BCUT2D eigenvalue weighted by atomic mass is 9.87. The number of methoxy groups -OCH3 is 1. The minimum Gasteiger partial charge on any atom is -0.496 e. The van der Waals surface area contributed by atoms with E-state index in [9.17, 15) is 4.79 Å². The standard InChI is InChI=1S/C21H26N2O2/c1-16(24)23(14-17-8-4-3-5-9-17)15-18-12-22-13-20(18)19-10-6-7-11-21(19)25-2/h3-11,18,20,22H,12-15H2,1-2H3. The zero-order valence-corrected chi connectivity index (χ0v) is 14.9. The summed E-state index contributed by atoms with van der Waals surface area (Å²) in [6.45, 7) is 4.90. The molecule has 4 nitrogen and oxygen atoms in total. The largest absolute Gasteiger partial charge is 0.496 e. The molecule has 0 spiro atoms. The van der Waals surface area contributed by atoms with Crippen molar-refractivity contribution in [1.82, 2.24) is 10.2 Å². The predicted octanol–water partition coefficient (Wildman–Crippen LogP) is 3.05. The molecule has 0 aromatic heterocycles. The number of hydrogen-bond acceptors (Lipinski definition) is 3. The van der Waals surface area contributed by atoms with Crippen LogP contribution < -0.4 is 10.1 Å². The molecule has 25 heavy (non-hydrogen) atoms. The molecule has 1 N–H and O–H groups in total. The maximum Gasteiger partial charge on any atom is 0.219 e. The van der Waals surface area contributed by atoms with Gasteiger partial charge in [0.05, 0.1) is 7.11 Å². The van der Waals surface area contributed by atoms with Crippen molar-refractivity contribution >= 4 is 5.91 Å². The number of para-hydroxylation sites is 1. The second-order valence-electron chi connectivity index (χ2n) is 6.65. The Kier molecular flexibility index (Phi) is 5.71. The average Bonchev–Trinajstić information content (AvgIpc) is 3.10. The number of nitrogens with zero attached hydrogens (tertiary/aromatic N) is 1. The van der Waals surface area contributed by atoms with Gasteiger partial charge < -0.3 is 15.0 Å². The van der Waals surface area contributed by atoms with Crippen molar-refractivity contribution in [2.75, 3.05) is 26.7 Å². The number of carbonyl (C=O) groups excluding carboxylic acids is 1. The molecule has 3 rings (SSSR count). The van der Waals surface area contributed by atoms with Gasteiger partial charge in [-0.1, -0.05) is 48.5 Å². The van der Waals surface area contributed by atoms with Crippen LogP contribution in [0.5, 0.6) is 5.75 Å². The van der Waals surface area contributed by atoms with Crippen LogP contribution in [0.4, 0.5) is 0 Å². The third-order valence-electron chi connectivity index (χ3n) is 4.99. The van der Waals surface area contributed by atoms with Crippen molar-refractivity contribution in [2.45, 2.75) is 19.4 Å². The van der Waals surface area contributed by atoms with Crippen molar-refractivity contribution in [3.8, 4) is 5.75 Å². The van der Waals surface area contributed by atoms with E-state index in [4.69, 9.17) is 4.74 Å². The normalized spacial score (nSPS) is 19.6. The zero-order valence-electron chi connectivity index (χ0n) is 14.9. The SMILES string of the molecule is COc1ccccc1C1CNCC1CN(Cc1ccccc1)C(C)=O. The molecule has 0 aliphatic carbocycles. The third-order valence-corrected chi connectivity index (χ3v) is 4.99. The molecule has 1 saturated heterocycles. The molecular weight excluding hydrogens is 312 g/mol. The van der Waals surface area contributed by atoms with Gasteiger partial charge in [-0.3, -0.25) is 4.79 Å². The number of ether oxygens (including phenoxy) is 1. The maximum absolute atomic E-state index is 12.2. The Labute approximate surface area is 149 Å². The molecule has 2 unspecified atom stereocenters. The lowest BCUT2D eigenvalue weighted by Crippen LogP contribution is -2.35. The number of hydrogen-bond donors (Lipinski definition) is 1. The van der Waals surface area contributed by atoms with E-state index in [1.54, 1.807) is 14.0 Å². The number of amides is 1. The van der Waals surface area contributed by atoms with E-state index in [1.807, 2.05) is 35.2 Å². The number of rotatable bonds is 6. The van der Waals surface area contributed by atoms with Gasteiger partial charge in [-0.2, -0.15) is 0 Å². The lowest BCUT2D eigenvalue weighted by Gasteiger charge is -2.28. The van der Waals surface area contributed by atoms with E-state index in [-0.39, 0.29) is 5.91 Å². The summed E-state index contributed by atoms with van der Waals surface area (Å²) in [6, 6.07) is 18.4. The van der Waals surface area contributed by atoms with Gasteiger partial charge in [0.2, 0.25) is 5.91 Å². The van der Waals surface area contributed by atoms with Crippen LogP contribution in [-0.4, -0.2) is 37.6 Å². The zero-order chi connectivity index (χ0) is 17.6. The highest BCUT2D eigenvalue weighted by Crippen LogP contribution is 2.34. The molecule has 132 valence electrons. The summed E-state index contributed by atoms with van der Waals surface area (Å²) in [5, 5.41) is 3.49. The smallest absolute Gasteiger partial charge is 0.219 e. The fraction of sp³-hybridized carbons (Fsp3) is 0.381. The summed E-state index contributed by atoms with van der Waals surface area (Å²) in [6.07, 6.45) is 0. The second-order valence-corrected chi connectivity index (χ2v) is 6.65. The van der Waals surface area contributed by atoms with E-state index in [1.165, 1.54) is 5.56 Å². The fourth-order valence-corrected chi connectivity index (χ4v) is 3.65. The molecule has 2 aromatic carbocycles. The first kappa shape index (κ1) is 17.5. The highest BCUT2D eigenvalue weighted by Gasteiger charge is 2.32. The molecule has 1 aliphatic heterocycles. The highest BCUT2D eigenvalue weighted by molar-refractivity contribution is 5.73. The van der Waals surface area contributed by atoms with Gasteiger partial charge in [-0.15, -0.1) is 0 Å². The van der Waals surface area contributed by atoms with Crippen LogP contribution in [0.15, 0.2) is 54.6 Å². The molecule has 0 bridgehead atoms. The van der Waals surface area contributed by atoms with Gasteiger partial charge in [0.1, 0.15) is 5.75 Å². The molecule has 1 fully saturated rings. The summed E-state index contributed by atoms with van der Waals surface area (Å²) in [5.41, 5.74) is 2.39. The summed E-state index contributed by atoms with van der Waals surface area (Å²) in [7, 11) is 1.72. The molecule has 0 radical (unpaired) electrons. The number of benzene rings is 2. The van der Waals surface area contributed by atoms with Gasteiger partial charge in [0.25, 0.3) is 0 Å². The van der Waals surface area contributed by atoms with Gasteiger partial charge in [0.15, 0.2) is 0 Å². The first-order valence-corrected chi connectivity index (χ1v) is 8.82. The van der Waals surface area contributed by atoms with Crippen molar-refractivity contribution in [1.29, 1.82) is 0 Å². The quantitative estimate of drug-likeness (QED) is 0.880. The van der Waals surface area contributed by atoms with Gasteiger partial charge in [-0.25, -0.2) is 0 Å². The van der Waals surface area contributed by atoms with E-state index in [0.29, 0.717) is 18.4 Å². The first-order valence-electron chi connectivity index (χ1n) is 8.82. The molecule has 2 atom stereocenters. The number of nitrogens with one attached hydrogen (secondary N) is 1. The summed E-state index contributed by atoms with van der Waals surface area (Å²) in [5.74, 6) is 1.78. The Morgan fingerprint density at radius 1 is 1.12 bits per heavy atom. The molecular formula is C21H26N2O2. The Bertz CT molecular complexity index is 702. The molecule has 1 amide bonds. The Hall–Kier alpha value is -2.33. The van der Waals surface area contributed by atoms with Gasteiger partial charge in [-0.05, 0) is 23.1 Å². The van der Waals surface area contributed by atoms with Crippen LogP contribution in [0.1, 0.15) is 24.0 Å². The van der Waals surface area contributed by atoms with E-state index in [2.05, 4.69) is 29.6 Å². The van der Waals surface area contributed by atoms with Crippen molar-refractivity contribution in [3.63, 3.8) is 0 Å². The van der Waals surface area contributed by atoms with Crippen LogP contribution in [0.3, 0.4) is 0 Å². The molecule has 1 heterocycles. The Morgan fingerprint density at radius 2 is 1.84 bits per heavy atom. The van der Waals surface area contributed by atoms with Crippen LogP contribution in [0.2, 0.25) is 0 Å². The minimum atomic E-state index is 0.120. The van der Waals surface area contributed by atoms with Crippen molar-refractivity contribution in [2.24, 2.45) is 5.92 Å². The molecule has 4 heteroatoms. The molecule has 0 saturated carbocycles. The van der Waals surface area contributed by atoms with Crippen molar-refractivity contribution < 1.29 is 9.53 Å². The minimum absolute atomic E-state index is 0.120. The topological polar surface area (TPSA) is 41.6 Å². The second kappa shape index (κ2) is 8.17. The van der Waals surface area contributed by atoms with Crippen molar-refractivity contribution in [3.05, 3.63) is 65.7 Å². The summed E-state index contributed by atoms with van der Waals surface area (Å²) < 4.78 is 5.55.